The fraction of sp³-hybridized carbons (Fsp3) is 1.00. The molecule has 0 aliphatic heterocycles. The fourth-order valence-electron chi connectivity index (χ4n) is 0.693. The molecule has 0 amide bonds. The maximum absolute atomic E-state index is 10.00. The summed E-state index contributed by atoms with van der Waals surface area (Å²) in [5.41, 5.74) is 0. The molecule has 0 rings (SSSR count). The quantitative estimate of drug-likeness (QED) is 0.405. The van der Waals surface area contributed by atoms with Crippen molar-refractivity contribution in [2.45, 2.75) is 32.6 Å². The summed E-state index contributed by atoms with van der Waals surface area (Å²) in [4.78, 5) is 0. The van der Waals surface area contributed by atoms with Crippen molar-refractivity contribution < 1.29 is 20.0 Å². The van der Waals surface area contributed by atoms with Gasteiger partial charge in [0.25, 0.3) is 0 Å². The number of unbranched alkanes of at least 4 members (excludes halogenated alkanes) is 3. The molecule has 0 aliphatic carbocycles. The predicted molar refractivity (Wildman–Crippen MR) is 49.6 cm³/mol. The smallest absolute Gasteiger partial charge is 1.00 e. The minimum atomic E-state index is -4.21. The van der Waals surface area contributed by atoms with Crippen LogP contribution < -0.4 is 0 Å². The largest absolute Gasteiger partial charge is 2.00 e. The van der Waals surface area contributed by atoms with Gasteiger partial charge in [-0.15, -0.1) is 0 Å². The third-order valence-electron chi connectivity index (χ3n) is 1.23. The molecule has 0 aromatic rings. The molecule has 0 aromatic carbocycles. The molecule has 0 spiro atoms. The summed E-state index contributed by atoms with van der Waals surface area (Å²) < 4.78 is 32.2. The van der Waals surface area contributed by atoms with Gasteiger partial charge in [0.05, 0.1) is 6.61 Å². The van der Waals surface area contributed by atoms with Gasteiger partial charge in [0.15, 0.2) is 0 Å². The van der Waals surface area contributed by atoms with Crippen LogP contribution in [0.25, 0.3) is 0 Å². The molecule has 0 aliphatic rings. The summed E-state index contributed by atoms with van der Waals surface area (Å²) in [6.07, 6.45) is 3.76. The van der Waals surface area contributed by atoms with Crippen LogP contribution in [-0.4, -0.2) is 42.6 Å². The predicted octanol–water partition coefficient (Wildman–Crippen LogP) is 1.23. The summed E-state index contributed by atoms with van der Waals surface area (Å²) >= 11 is 0. The molecule has 4 nitrogen and oxygen atoms in total. The molecular weight excluding hydrogens is 192 g/mol. The van der Waals surface area contributed by atoms with Crippen LogP contribution in [0.1, 0.15) is 35.5 Å². The number of rotatable bonds is 6. The van der Waals surface area contributed by atoms with E-state index in [0.717, 1.165) is 19.3 Å². The van der Waals surface area contributed by atoms with Gasteiger partial charge >= 0.3 is 33.5 Å². The van der Waals surface area contributed by atoms with E-state index in [-0.39, 0.29) is 32.5 Å². The third-order valence-corrected chi connectivity index (χ3v) is 1.69. The first-order valence-electron chi connectivity index (χ1n) is 3.68. The summed E-state index contributed by atoms with van der Waals surface area (Å²) in [6, 6.07) is 0. The topological polar surface area (TPSA) is 63.6 Å². The zero-order chi connectivity index (χ0) is 8.74. The van der Waals surface area contributed by atoms with Crippen LogP contribution in [0.4, 0.5) is 0 Å². The SMILES string of the molecule is CCCCCCOS(=O)(=O)O.[H-].[H-].[Mg+2]. The monoisotopic (exact) mass is 208 g/mol. The van der Waals surface area contributed by atoms with Crippen molar-refractivity contribution in [3.63, 3.8) is 0 Å². The molecule has 12 heavy (non-hydrogen) atoms. The standard InChI is InChI=1S/C6H14O4S.Mg.2H/c1-2-3-4-5-6-10-11(7,8)9;;;/h2-6H2,1H3,(H,7,8,9);;;/q;+2;2*-1. The number of hydrogen-bond donors (Lipinski definition) is 1. The van der Waals surface area contributed by atoms with Crippen LogP contribution in [-0.2, 0) is 14.6 Å². The second-order valence-electron chi connectivity index (χ2n) is 2.31. The Labute approximate surface area is 92.8 Å². The Bertz CT molecular complexity index is 186. The molecule has 0 aromatic heterocycles. The summed E-state index contributed by atoms with van der Waals surface area (Å²) in [7, 11) is -4.21. The summed E-state index contributed by atoms with van der Waals surface area (Å²) in [5.74, 6) is 0. The molecule has 0 saturated heterocycles. The Morgan fingerprint density at radius 1 is 1.33 bits per heavy atom. The van der Waals surface area contributed by atoms with Crippen molar-refractivity contribution in [1.82, 2.24) is 0 Å². The van der Waals surface area contributed by atoms with E-state index in [1.165, 1.54) is 0 Å². The minimum Gasteiger partial charge on any atom is -1.00 e. The van der Waals surface area contributed by atoms with Crippen LogP contribution in [0.5, 0.6) is 0 Å². The van der Waals surface area contributed by atoms with Crippen molar-refractivity contribution in [3.8, 4) is 0 Å². The second kappa shape index (κ2) is 8.24. The summed E-state index contributed by atoms with van der Waals surface area (Å²) in [5, 5.41) is 0. The van der Waals surface area contributed by atoms with Gasteiger partial charge < -0.3 is 2.85 Å². The molecule has 0 fully saturated rings. The summed E-state index contributed by atoms with van der Waals surface area (Å²) in [6.45, 7) is 2.14. The molecule has 6 heteroatoms. The minimum absolute atomic E-state index is 0. The Morgan fingerprint density at radius 2 is 1.92 bits per heavy atom. The Hall–Kier alpha value is 0.636. The van der Waals surface area contributed by atoms with Crippen LogP contribution >= 0.6 is 0 Å². The van der Waals surface area contributed by atoms with E-state index in [1.54, 1.807) is 0 Å². The third kappa shape index (κ3) is 13.2. The molecule has 0 unspecified atom stereocenters. The first kappa shape index (κ1) is 15.1. The average molecular weight is 209 g/mol. The van der Waals surface area contributed by atoms with Crippen molar-refractivity contribution in [1.29, 1.82) is 0 Å². The van der Waals surface area contributed by atoms with E-state index < -0.39 is 10.4 Å². The Kier molecular flexibility index (Phi) is 10.4. The van der Waals surface area contributed by atoms with Gasteiger partial charge in [0, 0.05) is 0 Å². The van der Waals surface area contributed by atoms with Crippen LogP contribution in [0.2, 0.25) is 0 Å². The average Bonchev–Trinajstić information content (AvgIpc) is 1.85. The molecule has 0 atom stereocenters. The van der Waals surface area contributed by atoms with E-state index >= 15 is 0 Å². The van der Waals surface area contributed by atoms with E-state index in [0.29, 0.717) is 6.42 Å². The van der Waals surface area contributed by atoms with E-state index in [2.05, 4.69) is 11.1 Å². The normalized spacial score (nSPS) is 10.8. The van der Waals surface area contributed by atoms with Gasteiger partial charge in [-0.3, -0.25) is 4.55 Å². The van der Waals surface area contributed by atoms with E-state index in [1.807, 2.05) is 0 Å². The van der Waals surface area contributed by atoms with Crippen molar-refractivity contribution >= 4 is 33.5 Å². The first-order chi connectivity index (χ1) is 5.06. The van der Waals surface area contributed by atoms with Gasteiger partial charge in [0.2, 0.25) is 0 Å². The maximum atomic E-state index is 10.00. The number of hydrogen-bond acceptors (Lipinski definition) is 3. The Balaban J connectivity index is -0.000000167. The van der Waals surface area contributed by atoms with E-state index in [4.69, 9.17) is 4.55 Å². The maximum Gasteiger partial charge on any atom is 2.00 e. The zero-order valence-electron chi connectivity index (χ0n) is 9.32. The molecule has 0 saturated carbocycles. The van der Waals surface area contributed by atoms with Gasteiger partial charge in [-0.1, -0.05) is 26.2 Å². The zero-order valence-corrected chi connectivity index (χ0v) is 9.55. The van der Waals surface area contributed by atoms with Gasteiger partial charge in [-0.05, 0) is 6.42 Å². The van der Waals surface area contributed by atoms with Crippen LogP contribution in [0, 0.1) is 0 Å². The fourth-order valence-corrected chi connectivity index (χ4v) is 1.02. The molecule has 0 bridgehead atoms. The van der Waals surface area contributed by atoms with Gasteiger partial charge in [-0.25, -0.2) is 4.18 Å². The Morgan fingerprint density at radius 3 is 2.33 bits per heavy atom. The van der Waals surface area contributed by atoms with Gasteiger partial charge in [-0.2, -0.15) is 8.42 Å². The van der Waals surface area contributed by atoms with Crippen molar-refractivity contribution in [2.75, 3.05) is 6.61 Å². The van der Waals surface area contributed by atoms with Crippen molar-refractivity contribution in [2.24, 2.45) is 0 Å². The van der Waals surface area contributed by atoms with E-state index in [9.17, 15) is 8.42 Å². The molecule has 1 N–H and O–H groups in total. The first-order valence-corrected chi connectivity index (χ1v) is 5.04. The van der Waals surface area contributed by atoms with Crippen LogP contribution in [0.15, 0.2) is 0 Å². The molecule has 0 heterocycles. The van der Waals surface area contributed by atoms with Gasteiger partial charge in [0.1, 0.15) is 0 Å². The second-order valence-corrected chi connectivity index (χ2v) is 3.40. The molecule has 72 valence electrons. The molecular formula is C6H16MgO4S. The van der Waals surface area contributed by atoms with Crippen LogP contribution in [0.3, 0.4) is 0 Å². The molecule has 0 radical (unpaired) electrons. The van der Waals surface area contributed by atoms with Crippen molar-refractivity contribution in [3.05, 3.63) is 0 Å².